The van der Waals surface area contributed by atoms with Crippen molar-refractivity contribution in [3.05, 3.63) is 57.9 Å². The second kappa shape index (κ2) is 6.11. The SMILES string of the molecule is O=C1CCCC2=C1C(c1cccc(C(F)(F)F)c1)C1=C(CCCC1=O)N2. The quantitative estimate of drug-likeness (QED) is 0.806. The molecule has 1 N–H and O–H groups in total. The largest absolute Gasteiger partial charge is 0.416 e. The zero-order valence-corrected chi connectivity index (χ0v) is 14.1. The molecule has 0 bridgehead atoms. The number of halogens is 3. The van der Waals surface area contributed by atoms with Gasteiger partial charge in [-0.25, -0.2) is 0 Å². The molecule has 3 aliphatic rings. The first kappa shape index (κ1) is 17.1. The van der Waals surface area contributed by atoms with Crippen molar-refractivity contribution in [3.63, 3.8) is 0 Å². The summed E-state index contributed by atoms with van der Waals surface area (Å²) in [6.07, 6.45) is -0.930. The van der Waals surface area contributed by atoms with Crippen LogP contribution in [0.15, 0.2) is 46.8 Å². The predicted molar refractivity (Wildman–Crippen MR) is 89.1 cm³/mol. The van der Waals surface area contributed by atoms with Gasteiger partial charge in [-0.05, 0) is 37.3 Å². The van der Waals surface area contributed by atoms with Crippen molar-refractivity contribution in [3.8, 4) is 0 Å². The van der Waals surface area contributed by atoms with Gasteiger partial charge in [-0.1, -0.05) is 18.2 Å². The van der Waals surface area contributed by atoms with Crippen molar-refractivity contribution < 1.29 is 22.8 Å². The number of rotatable bonds is 1. The highest BCUT2D eigenvalue weighted by Crippen LogP contribution is 2.45. The van der Waals surface area contributed by atoms with Crippen molar-refractivity contribution in [2.24, 2.45) is 0 Å². The predicted octanol–water partition coefficient (Wildman–Crippen LogP) is 4.41. The minimum absolute atomic E-state index is 0.0777. The average molecular weight is 361 g/mol. The van der Waals surface area contributed by atoms with E-state index in [0.29, 0.717) is 42.4 Å². The highest BCUT2D eigenvalue weighted by molar-refractivity contribution is 6.06. The smallest absolute Gasteiger partial charge is 0.362 e. The lowest BCUT2D eigenvalue weighted by atomic mass is 9.71. The van der Waals surface area contributed by atoms with E-state index >= 15 is 0 Å². The Labute approximate surface area is 149 Å². The zero-order chi connectivity index (χ0) is 18.5. The minimum Gasteiger partial charge on any atom is -0.362 e. The molecule has 1 aromatic rings. The molecule has 2 aliphatic carbocycles. The number of carbonyl (C=O) groups is 2. The monoisotopic (exact) mass is 361 g/mol. The Bertz CT molecular complexity index is 822. The first-order chi connectivity index (χ1) is 12.4. The van der Waals surface area contributed by atoms with E-state index in [9.17, 15) is 22.8 Å². The Morgan fingerprint density at radius 1 is 0.885 bits per heavy atom. The van der Waals surface area contributed by atoms with Gasteiger partial charge in [-0.2, -0.15) is 13.2 Å². The van der Waals surface area contributed by atoms with E-state index in [4.69, 9.17) is 0 Å². The number of alkyl halides is 3. The Morgan fingerprint density at radius 3 is 2.00 bits per heavy atom. The molecule has 0 saturated carbocycles. The summed E-state index contributed by atoms with van der Waals surface area (Å²) in [5.74, 6) is -0.846. The second-order valence-corrected chi connectivity index (χ2v) is 7.02. The van der Waals surface area contributed by atoms with E-state index in [-0.39, 0.29) is 11.6 Å². The highest BCUT2D eigenvalue weighted by atomic mass is 19.4. The number of carbonyl (C=O) groups excluding carboxylic acids is 2. The van der Waals surface area contributed by atoms with Gasteiger partial charge in [0.15, 0.2) is 11.6 Å². The molecule has 1 aliphatic heterocycles. The molecule has 0 amide bonds. The van der Waals surface area contributed by atoms with Gasteiger partial charge in [0.25, 0.3) is 0 Å². The van der Waals surface area contributed by atoms with Crippen molar-refractivity contribution in [2.75, 3.05) is 0 Å². The summed E-state index contributed by atoms with van der Waals surface area (Å²) in [5.41, 5.74) is 2.11. The van der Waals surface area contributed by atoms with Crippen LogP contribution in [0.5, 0.6) is 0 Å². The fourth-order valence-electron chi connectivity index (χ4n) is 4.21. The molecule has 0 saturated heterocycles. The number of hydrogen-bond acceptors (Lipinski definition) is 3. The van der Waals surface area contributed by atoms with Gasteiger partial charge in [0.05, 0.1) is 5.56 Å². The van der Waals surface area contributed by atoms with Gasteiger partial charge in [-0.15, -0.1) is 0 Å². The summed E-state index contributed by atoms with van der Waals surface area (Å²) >= 11 is 0. The fourth-order valence-corrected chi connectivity index (χ4v) is 4.21. The van der Waals surface area contributed by atoms with Crippen LogP contribution in [-0.2, 0) is 15.8 Å². The number of dihydropyridines is 1. The molecule has 1 heterocycles. The number of nitrogens with one attached hydrogen (secondary N) is 1. The number of Topliss-reactive ketones (excluding diaryl/α,β-unsaturated/α-hetero) is 2. The van der Waals surface area contributed by atoms with E-state index in [1.54, 1.807) is 6.07 Å². The van der Waals surface area contributed by atoms with Crippen LogP contribution in [0.25, 0.3) is 0 Å². The Hall–Kier alpha value is -2.37. The van der Waals surface area contributed by atoms with Gasteiger partial charge in [0.1, 0.15) is 0 Å². The van der Waals surface area contributed by atoms with Crippen molar-refractivity contribution in [1.82, 2.24) is 5.32 Å². The second-order valence-electron chi connectivity index (χ2n) is 7.02. The molecular formula is C20H18F3NO2. The van der Waals surface area contributed by atoms with Gasteiger partial charge < -0.3 is 5.32 Å². The third-order valence-corrected chi connectivity index (χ3v) is 5.34. The molecule has 0 atom stereocenters. The standard InChI is InChI=1S/C20H18F3NO2/c21-20(22,23)12-5-1-4-11(10-12)17-18-13(6-2-8-15(18)25)24-14-7-3-9-16(26)19(14)17/h1,4-5,10,17,24H,2-3,6-9H2. The molecule has 0 aromatic heterocycles. The first-order valence-corrected chi connectivity index (χ1v) is 8.83. The van der Waals surface area contributed by atoms with E-state index in [2.05, 4.69) is 5.32 Å². The van der Waals surface area contributed by atoms with Crippen LogP contribution < -0.4 is 5.32 Å². The Kier molecular flexibility index (Phi) is 4.01. The average Bonchev–Trinajstić information content (AvgIpc) is 2.60. The van der Waals surface area contributed by atoms with Gasteiger partial charge in [-0.3, -0.25) is 9.59 Å². The van der Waals surface area contributed by atoms with Crippen molar-refractivity contribution >= 4 is 11.6 Å². The molecule has 3 nitrogen and oxygen atoms in total. The van der Waals surface area contributed by atoms with E-state index < -0.39 is 17.7 Å². The summed E-state index contributed by atoms with van der Waals surface area (Å²) in [5, 5.41) is 3.26. The van der Waals surface area contributed by atoms with Crippen LogP contribution >= 0.6 is 0 Å². The topological polar surface area (TPSA) is 46.2 Å². The summed E-state index contributed by atoms with van der Waals surface area (Å²) in [7, 11) is 0. The molecule has 0 radical (unpaired) electrons. The van der Waals surface area contributed by atoms with Gasteiger partial charge >= 0.3 is 6.18 Å². The van der Waals surface area contributed by atoms with Crippen LogP contribution in [0.1, 0.15) is 55.6 Å². The maximum absolute atomic E-state index is 13.2. The molecule has 6 heteroatoms. The summed E-state index contributed by atoms with van der Waals surface area (Å²) in [6.45, 7) is 0. The number of allylic oxidation sites excluding steroid dienone is 4. The van der Waals surface area contributed by atoms with Crippen LogP contribution in [0, 0.1) is 0 Å². The lowest BCUT2D eigenvalue weighted by Crippen LogP contribution is -2.36. The lowest BCUT2D eigenvalue weighted by molar-refractivity contribution is -0.137. The van der Waals surface area contributed by atoms with Crippen LogP contribution in [0.4, 0.5) is 13.2 Å². The number of ketones is 2. The van der Waals surface area contributed by atoms with E-state index in [0.717, 1.165) is 36.4 Å². The van der Waals surface area contributed by atoms with E-state index in [1.165, 1.54) is 6.07 Å². The van der Waals surface area contributed by atoms with Crippen molar-refractivity contribution in [1.29, 1.82) is 0 Å². The maximum atomic E-state index is 13.2. The molecule has 136 valence electrons. The molecule has 0 spiro atoms. The molecule has 26 heavy (non-hydrogen) atoms. The van der Waals surface area contributed by atoms with Crippen LogP contribution in [-0.4, -0.2) is 11.6 Å². The van der Waals surface area contributed by atoms with Gasteiger partial charge in [0.2, 0.25) is 0 Å². The molecule has 4 rings (SSSR count). The van der Waals surface area contributed by atoms with Crippen molar-refractivity contribution in [2.45, 2.75) is 50.6 Å². The van der Waals surface area contributed by atoms with E-state index in [1.807, 2.05) is 0 Å². The third kappa shape index (κ3) is 2.77. The molecule has 1 aromatic carbocycles. The highest BCUT2D eigenvalue weighted by Gasteiger charge is 2.41. The fraction of sp³-hybridized carbons (Fsp3) is 0.400. The molecule has 0 fully saturated rings. The summed E-state index contributed by atoms with van der Waals surface area (Å²) < 4.78 is 39.6. The number of hydrogen-bond donors (Lipinski definition) is 1. The maximum Gasteiger partial charge on any atom is 0.416 e. The lowest BCUT2D eigenvalue weighted by Gasteiger charge is -2.37. The number of benzene rings is 1. The Morgan fingerprint density at radius 2 is 1.46 bits per heavy atom. The van der Waals surface area contributed by atoms with Crippen LogP contribution in [0.3, 0.4) is 0 Å². The first-order valence-electron chi connectivity index (χ1n) is 8.83. The molecular weight excluding hydrogens is 343 g/mol. The summed E-state index contributed by atoms with van der Waals surface area (Å²) in [6, 6.07) is 5.03. The Balaban J connectivity index is 1.90. The third-order valence-electron chi connectivity index (χ3n) is 5.34. The summed E-state index contributed by atoms with van der Waals surface area (Å²) in [4.78, 5) is 25.2. The minimum atomic E-state index is -4.47. The van der Waals surface area contributed by atoms with Crippen LogP contribution in [0.2, 0.25) is 0 Å². The van der Waals surface area contributed by atoms with Gasteiger partial charge in [0, 0.05) is 41.3 Å². The molecule has 0 unspecified atom stereocenters. The zero-order valence-electron chi connectivity index (χ0n) is 14.1. The normalized spacial score (nSPS) is 21.5.